The molecular formula is C14H26N2O3. The minimum absolute atomic E-state index is 0.0467. The average Bonchev–Trinajstić information content (AvgIpc) is 2.99. The van der Waals surface area contributed by atoms with E-state index < -0.39 is 0 Å². The van der Waals surface area contributed by atoms with Gasteiger partial charge in [-0.05, 0) is 38.6 Å². The van der Waals surface area contributed by atoms with E-state index in [0.29, 0.717) is 19.0 Å². The highest BCUT2D eigenvalue weighted by Gasteiger charge is 2.26. The highest BCUT2D eigenvalue weighted by Crippen LogP contribution is 2.25. The Balaban J connectivity index is 1.60. The lowest BCUT2D eigenvalue weighted by Gasteiger charge is -2.22. The number of aliphatic hydroxyl groups excluding tert-OH is 1. The number of nitrogens with zero attached hydrogens (tertiary/aromatic N) is 1. The summed E-state index contributed by atoms with van der Waals surface area (Å²) in [5.74, 6) is 0.376. The molecule has 1 aliphatic heterocycles. The average molecular weight is 270 g/mol. The van der Waals surface area contributed by atoms with Gasteiger partial charge in [-0.2, -0.15) is 0 Å². The molecule has 1 amide bonds. The Morgan fingerprint density at radius 2 is 2.21 bits per heavy atom. The molecule has 1 heterocycles. The van der Waals surface area contributed by atoms with E-state index >= 15 is 0 Å². The number of aliphatic hydroxyl groups is 1. The Hall–Kier alpha value is -0.650. The maximum atomic E-state index is 11.8. The summed E-state index contributed by atoms with van der Waals surface area (Å²) in [6.07, 6.45) is 5.24. The van der Waals surface area contributed by atoms with Gasteiger partial charge in [0.2, 0.25) is 5.91 Å². The first kappa shape index (κ1) is 14.8. The van der Waals surface area contributed by atoms with Crippen LogP contribution in [-0.2, 0) is 9.53 Å². The molecule has 3 unspecified atom stereocenters. The van der Waals surface area contributed by atoms with E-state index in [0.717, 1.165) is 45.3 Å². The predicted molar refractivity (Wildman–Crippen MR) is 72.8 cm³/mol. The molecule has 0 aromatic carbocycles. The molecule has 5 nitrogen and oxygen atoms in total. The Bertz CT molecular complexity index is 292. The number of rotatable bonds is 6. The van der Waals surface area contributed by atoms with Gasteiger partial charge in [0.1, 0.15) is 0 Å². The lowest BCUT2D eigenvalue weighted by molar-refractivity contribution is -0.122. The molecule has 2 N–H and O–H groups in total. The maximum Gasteiger partial charge on any atom is 0.234 e. The van der Waals surface area contributed by atoms with Crippen LogP contribution in [0.1, 0.15) is 32.1 Å². The number of ether oxygens (including phenoxy) is 1. The fourth-order valence-electron chi connectivity index (χ4n) is 3.03. The van der Waals surface area contributed by atoms with Gasteiger partial charge in [0.05, 0.1) is 18.8 Å². The maximum absolute atomic E-state index is 11.8. The van der Waals surface area contributed by atoms with Crippen molar-refractivity contribution in [1.29, 1.82) is 0 Å². The number of carbonyl (C=O) groups excluding carboxylic acids is 1. The van der Waals surface area contributed by atoms with E-state index in [-0.39, 0.29) is 18.1 Å². The van der Waals surface area contributed by atoms with Gasteiger partial charge in [0, 0.05) is 19.7 Å². The third-order valence-corrected chi connectivity index (χ3v) is 4.13. The third-order valence-electron chi connectivity index (χ3n) is 4.13. The molecule has 3 atom stereocenters. The SMILES string of the molecule is CN(CC(=O)NCC1CCCO1)CC1CCCC1O. The van der Waals surface area contributed by atoms with Crippen LogP contribution in [0.5, 0.6) is 0 Å². The summed E-state index contributed by atoms with van der Waals surface area (Å²) >= 11 is 0. The molecule has 0 radical (unpaired) electrons. The smallest absolute Gasteiger partial charge is 0.234 e. The molecule has 0 bridgehead atoms. The fraction of sp³-hybridized carbons (Fsp3) is 0.929. The van der Waals surface area contributed by atoms with Crippen molar-refractivity contribution < 1.29 is 14.6 Å². The zero-order valence-electron chi connectivity index (χ0n) is 11.8. The van der Waals surface area contributed by atoms with Crippen LogP contribution in [0.15, 0.2) is 0 Å². The van der Waals surface area contributed by atoms with Crippen LogP contribution in [-0.4, -0.2) is 61.4 Å². The minimum atomic E-state index is -0.183. The van der Waals surface area contributed by atoms with Gasteiger partial charge < -0.3 is 15.2 Å². The third kappa shape index (κ3) is 4.75. The van der Waals surface area contributed by atoms with Crippen molar-refractivity contribution >= 4 is 5.91 Å². The second kappa shape index (κ2) is 7.22. The Morgan fingerprint density at radius 3 is 2.84 bits per heavy atom. The number of carbonyl (C=O) groups is 1. The highest BCUT2D eigenvalue weighted by atomic mass is 16.5. The predicted octanol–water partition coefficient (Wildman–Crippen LogP) is 0.374. The zero-order chi connectivity index (χ0) is 13.7. The second-order valence-electron chi connectivity index (χ2n) is 5.89. The molecule has 2 rings (SSSR count). The van der Waals surface area contributed by atoms with Crippen molar-refractivity contribution in [2.75, 3.05) is 33.3 Å². The summed E-state index contributed by atoms with van der Waals surface area (Å²) in [6.45, 7) is 2.64. The van der Waals surface area contributed by atoms with E-state index in [1.165, 1.54) is 0 Å². The first-order chi connectivity index (χ1) is 9.15. The van der Waals surface area contributed by atoms with Gasteiger partial charge in [-0.1, -0.05) is 6.42 Å². The fourth-order valence-corrected chi connectivity index (χ4v) is 3.03. The van der Waals surface area contributed by atoms with Crippen LogP contribution in [0.4, 0.5) is 0 Å². The van der Waals surface area contributed by atoms with Gasteiger partial charge in [-0.25, -0.2) is 0 Å². The number of likely N-dealkylation sites (N-methyl/N-ethyl adjacent to an activating group) is 1. The monoisotopic (exact) mass is 270 g/mol. The van der Waals surface area contributed by atoms with Gasteiger partial charge in [0.25, 0.3) is 0 Å². The van der Waals surface area contributed by atoms with Crippen LogP contribution < -0.4 is 5.32 Å². The van der Waals surface area contributed by atoms with E-state index in [9.17, 15) is 9.90 Å². The van der Waals surface area contributed by atoms with Crippen molar-refractivity contribution in [2.24, 2.45) is 5.92 Å². The topological polar surface area (TPSA) is 61.8 Å². The molecule has 0 spiro atoms. The van der Waals surface area contributed by atoms with Gasteiger partial charge in [0.15, 0.2) is 0 Å². The summed E-state index contributed by atoms with van der Waals surface area (Å²) < 4.78 is 5.47. The van der Waals surface area contributed by atoms with Gasteiger partial charge in [-0.3, -0.25) is 9.69 Å². The molecular weight excluding hydrogens is 244 g/mol. The largest absolute Gasteiger partial charge is 0.393 e. The highest BCUT2D eigenvalue weighted by molar-refractivity contribution is 5.77. The van der Waals surface area contributed by atoms with Crippen molar-refractivity contribution in [2.45, 2.75) is 44.3 Å². The molecule has 1 saturated carbocycles. The van der Waals surface area contributed by atoms with E-state index in [1.807, 2.05) is 11.9 Å². The van der Waals surface area contributed by atoms with Crippen LogP contribution in [0.25, 0.3) is 0 Å². The van der Waals surface area contributed by atoms with E-state index in [4.69, 9.17) is 4.74 Å². The summed E-state index contributed by atoms with van der Waals surface area (Å²) in [5.41, 5.74) is 0. The Morgan fingerprint density at radius 1 is 1.37 bits per heavy atom. The van der Waals surface area contributed by atoms with E-state index in [1.54, 1.807) is 0 Å². The standard InChI is InChI=1S/C14H26N2O3/c1-16(9-11-4-2-6-13(11)17)10-14(18)15-8-12-5-3-7-19-12/h11-13,17H,2-10H2,1H3,(H,15,18). The minimum Gasteiger partial charge on any atom is -0.393 e. The summed E-state index contributed by atoms with van der Waals surface area (Å²) in [6, 6.07) is 0. The normalized spacial score (nSPS) is 31.0. The molecule has 2 aliphatic rings. The molecule has 0 aromatic heterocycles. The van der Waals surface area contributed by atoms with Crippen molar-refractivity contribution in [3.63, 3.8) is 0 Å². The van der Waals surface area contributed by atoms with Gasteiger partial charge in [-0.15, -0.1) is 0 Å². The zero-order valence-corrected chi connectivity index (χ0v) is 11.8. The Kier molecular flexibility index (Phi) is 5.60. The first-order valence-electron chi connectivity index (χ1n) is 7.40. The molecule has 110 valence electrons. The Labute approximate surface area is 115 Å². The molecule has 5 heteroatoms. The molecule has 2 fully saturated rings. The molecule has 1 aliphatic carbocycles. The lowest BCUT2D eigenvalue weighted by atomic mass is 10.1. The quantitative estimate of drug-likeness (QED) is 0.732. The van der Waals surface area contributed by atoms with Crippen LogP contribution in [0.2, 0.25) is 0 Å². The summed E-state index contributed by atoms with van der Waals surface area (Å²) in [7, 11) is 1.94. The summed E-state index contributed by atoms with van der Waals surface area (Å²) in [5, 5.41) is 12.7. The van der Waals surface area contributed by atoms with E-state index in [2.05, 4.69) is 5.32 Å². The number of hydrogen-bond donors (Lipinski definition) is 2. The van der Waals surface area contributed by atoms with Gasteiger partial charge >= 0.3 is 0 Å². The summed E-state index contributed by atoms with van der Waals surface area (Å²) in [4.78, 5) is 13.8. The van der Waals surface area contributed by atoms with Crippen molar-refractivity contribution in [3.8, 4) is 0 Å². The second-order valence-corrected chi connectivity index (χ2v) is 5.89. The first-order valence-corrected chi connectivity index (χ1v) is 7.40. The van der Waals surface area contributed by atoms with Crippen molar-refractivity contribution in [1.82, 2.24) is 10.2 Å². The van der Waals surface area contributed by atoms with Crippen LogP contribution in [0.3, 0.4) is 0 Å². The van der Waals surface area contributed by atoms with Crippen LogP contribution in [0, 0.1) is 5.92 Å². The van der Waals surface area contributed by atoms with Crippen molar-refractivity contribution in [3.05, 3.63) is 0 Å². The number of amides is 1. The van der Waals surface area contributed by atoms with Crippen LogP contribution >= 0.6 is 0 Å². The number of hydrogen-bond acceptors (Lipinski definition) is 4. The molecule has 0 aromatic rings. The molecule has 19 heavy (non-hydrogen) atoms. The number of nitrogens with one attached hydrogen (secondary N) is 1. The lowest BCUT2D eigenvalue weighted by Crippen LogP contribution is -2.40. The molecule has 1 saturated heterocycles.